The quantitative estimate of drug-likeness (QED) is 0.332. The van der Waals surface area contributed by atoms with Crippen molar-refractivity contribution in [3.8, 4) is 6.07 Å². The molecule has 1 atom stereocenters. The number of methoxy groups -OCH3 is 1. The topological polar surface area (TPSA) is 87.4 Å². The molecule has 0 heterocycles. The third kappa shape index (κ3) is 4.78. The van der Waals surface area contributed by atoms with Crippen molar-refractivity contribution in [2.24, 2.45) is 5.41 Å². The Hall–Kier alpha value is -2.87. The van der Waals surface area contributed by atoms with Gasteiger partial charge in [0, 0.05) is 17.7 Å². The molecule has 0 aromatic heterocycles. The number of nitrogens with zero attached hydrogens (tertiary/aromatic N) is 1. The van der Waals surface area contributed by atoms with Crippen molar-refractivity contribution in [2.75, 3.05) is 7.11 Å². The number of rotatable bonds is 7. The summed E-state index contributed by atoms with van der Waals surface area (Å²) in [6.45, 7) is 7.12. The second-order valence-electron chi connectivity index (χ2n) is 3.63. The summed E-state index contributed by atoms with van der Waals surface area (Å²) in [5, 5.41) is 17.4. The van der Waals surface area contributed by atoms with E-state index in [1.807, 2.05) is 0 Å². The Kier molecular flexibility index (Phi) is 7.08. The van der Waals surface area contributed by atoms with Gasteiger partial charge in [-0.15, -0.1) is 0 Å². The summed E-state index contributed by atoms with van der Waals surface area (Å²) in [6, 6.07) is 1.78. The smallest absolute Gasteiger partial charge is 0.334 e. The second kappa shape index (κ2) is 8.27. The molecule has 0 aliphatic carbocycles. The zero-order chi connectivity index (χ0) is 15.6. The lowest BCUT2D eigenvalue weighted by Crippen LogP contribution is -2.22. The van der Waals surface area contributed by atoms with Crippen molar-refractivity contribution in [3.63, 3.8) is 0 Å². The molecule has 5 heteroatoms. The van der Waals surface area contributed by atoms with Gasteiger partial charge in [0.1, 0.15) is 0 Å². The van der Waals surface area contributed by atoms with Gasteiger partial charge in [0.05, 0.1) is 18.6 Å². The Morgan fingerprint density at radius 2 is 2.00 bits per heavy atom. The minimum atomic E-state index is -1.27. The van der Waals surface area contributed by atoms with Crippen LogP contribution in [0, 0.1) is 16.7 Å². The summed E-state index contributed by atoms with van der Waals surface area (Å²) >= 11 is 0. The number of aliphatic carboxylic acids is 1. The lowest BCUT2D eigenvalue weighted by atomic mass is 9.79. The number of nitriles is 1. The van der Waals surface area contributed by atoms with Crippen LogP contribution < -0.4 is 0 Å². The number of hydrogen-bond donors (Lipinski definition) is 1. The first kappa shape index (κ1) is 17.1. The van der Waals surface area contributed by atoms with Gasteiger partial charge in [0.15, 0.2) is 0 Å². The van der Waals surface area contributed by atoms with E-state index in [0.29, 0.717) is 0 Å². The number of carboxylic acid groups (broad SMARTS) is 1. The Labute approximate surface area is 117 Å². The van der Waals surface area contributed by atoms with Crippen LogP contribution in [0.15, 0.2) is 61.3 Å². The van der Waals surface area contributed by atoms with E-state index in [9.17, 15) is 9.59 Å². The Bertz CT molecular complexity index is 535. The van der Waals surface area contributed by atoms with Crippen molar-refractivity contribution in [1.82, 2.24) is 0 Å². The monoisotopic (exact) mass is 273 g/mol. The van der Waals surface area contributed by atoms with E-state index in [-0.39, 0.29) is 5.57 Å². The fraction of sp³-hybridized carbons (Fsp3) is 0.133. The van der Waals surface area contributed by atoms with Gasteiger partial charge in [-0.1, -0.05) is 43.5 Å². The minimum absolute atomic E-state index is 0.0258. The minimum Gasteiger partial charge on any atom is -0.478 e. The van der Waals surface area contributed by atoms with E-state index >= 15 is 0 Å². The number of allylic oxidation sites excluding steroid dienone is 6. The molecular weight excluding hydrogens is 258 g/mol. The predicted molar refractivity (Wildman–Crippen MR) is 74.5 cm³/mol. The maximum atomic E-state index is 11.6. The third-order valence-corrected chi connectivity index (χ3v) is 2.40. The first-order valence-corrected chi connectivity index (χ1v) is 5.51. The number of hydrogen-bond acceptors (Lipinski definition) is 4. The van der Waals surface area contributed by atoms with Crippen LogP contribution in [0.25, 0.3) is 0 Å². The molecule has 0 aliphatic heterocycles. The highest BCUT2D eigenvalue weighted by Gasteiger charge is 2.30. The molecule has 1 N–H and O–H groups in total. The molecule has 104 valence electrons. The molecule has 20 heavy (non-hydrogen) atoms. The first-order chi connectivity index (χ1) is 9.43. The van der Waals surface area contributed by atoms with Crippen LogP contribution >= 0.6 is 0 Å². The van der Waals surface area contributed by atoms with Crippen molar-refractivity contribution in [3.05, 3.63) is 61.3 Å². The summed E-state index contributed by atoms with van der Waals surface area (Å²) in [4.78, 5) is 22.3. The summed E-state index contributed by atoms with van der Waals surface area (Å²) < 4.78 is 4.59. The molecule has 0 bridgehead atoms. The molecule has 0 aliphatic rings. The molecule has 0 rings (SSSR count). The van der Waals surface area contributed by atoms with Crippen LogP contribution in [0.2, 0.25) is 0 Å². The van der Waals surface area contributed by atoms with Crippen molar-refractivity contribution < 1.29 is 19.4 Å². The Morgan fingerprint density at radius 3 is 2.45 bits per heavy atom. The van der Waals surface area contributed by atoms with Gasteiger partial charge >= 0.3 is 11.9 Å². The molecule has 0 aromatic rings. The van der Waals surface area contributed by atoms with E-state index in [0.717, 1.165) is 12.2 Å². The highest BCUT2D eigenvalue weighted by molar-refractivity contribution is 5.91. The second-order valence-corrected chi connectivity index (χ2v) is 3.63. The van der Waals surface area contributed by atoms with Crippen molar-refractivity contribution >= 4 is 11.9 Å². The molecule has 0 amide bonds. The van der Waals surface area contributed by atoms with Crippen molar-refractivity contribution in [2.45, 2.75) is 0 Å². The van der Waals surface area contributed by atoms with E-state index < -0.39 is 17.4 Å². The zero-order valence-corrected chi connectivity index (χ0v) is 11.1. The third-order valence-electron chi connectivity index (χ3n) is 2.40. The molecule has 0 aromatic carbocycles. The lowest BCUT2D eigenvalue weighted by molar-refractivity contribution is -0.137. The molecular formula is C15H15NO4. The SMILES string of the molecule is C=CC=CC(C=CC#N)(C=CC(=O)O)C(=C)C(=O)OC. The first-order valence-electron chi connectivity index (χ1n) is 5.51. The van der Waals surface area contributed by atoms with Gasteiger partial charge in [-0.05, 0) is 0 Å². The Morgan fingerprint density at radius 1 is 1.35 bits per heavy atom. The molecule has 0 fully saturated rings. The summed E-state index contributed by atoms with van der Waals surface area (Å²) in [5.74, 6) is -1.90. The molecule has 0 spiro atoms. The normalized spacial score (nSPS) is 14.0. The van der Waals surface area contributed by atoms with E-state index in [2.05, 4.69) is 17.9 Å². The van der Waals surface area contributed by atoms with Crippen LogP contribution in [0.1, 0.15) is 0 Å². The zero-order valence-electron chi connectivity index (χ0n) is 11.1. The number of carboxylic acids is 1. The number of esters is 1. The summed E-state index contributed by atoms with van der Waals surface area (Å²) in [5.41, 5.74) is -1.29. The average Bonchev–Trinajstić information content (AvgIpc) is 2.45. The predicted octanol–water partition coefficient (Wildman–Crippen LogP) is 2.16. The van der Waals surface area contributed by atoms with Gasteiger partial charge in [0.25, 0.3) is 0 Å². The van der Waals surface area contributed by atoms with Crippen LogP contribution in [-0.4, -0.2) is 24.2 Å². The molecule has 0 saturated carbocycles. The average molecular weight is 273 g/mol. The van der Waals surface area contributed by atoms with Gasteiger partial charge < -0.3 is 9.84 Å². The van der Waals surface area contributed by atoms with Crippen LogP contribution in [0.4, 0.5) is 0 Å². The van der Waals surface area contributed by atoms with E-state index in [1.54, 1.807) is 6.07 Å². The van der Waals surface area contributed by atoms with E-state index in [4.69, 9.17) is 10.4 Å². The highest BCUT2D eigenvalue weighted by Crippen LogP contribution is 2.33. The fourth-order valence-electron chi connectivity index (χ4n) is 1.38. The van der Waals surface area contributed by atoms with Gasteiger partial charge in [0.2, 0.25) is 0 Å². The molecule has 0 saturated heterocycles. The number of carbonyl (C=O) groups excluding carboxylic acids is 1. The van der Waals surface area contributed by atoms with Crippen molar-refractivity contribution in [1.29, 1.82) is 5.26 Å². The maximum absolute atomic E-state index is 11.6. The lowest BCUT2D eigenvalue weighted by Gasteiger charge is -2.24. The molecule has 1 unspecified atom stereocenters. The summed E-state index contributed by atoms with van der Waals surface area (Å²) in [6.07, 6.45) is 9.05. The highest BCUT2D eigenvalue weighted by atomic mass is 16.5. The maximum Gasteiger partial charge on any atom is 0.334 e. The van der Waals surface area contributed by atoms with Gasteiger partial charge in [-0.3, -0.25) is 0 Å². The van der Waals surface area contributed by atoms with Gasteiger partial charge in [-0.2, -0.15) is 5.26 Å². The van der Waals surface area contributed by atoms with Gasteiger partial charge in [-0.25, -0.2) is 9.59 Å². The fourth-order valence-corrected chi connectivity index (χ4v) is 1.38. The standard InChI is InChI=1S/C15H15NO4/c1-4-5-8-15(9-6-11-16,10-7-13(17)18)12(2)14(19)20-3/h4-10H,1-2H2,3H3,(H,17,18). The Balaban J connectivity index is 5.97. The number of ether oxygens (including phenoxy) is 1. The molecule has 0 radical (unpaired) electrons. The largest absolute Gasteiger partial charge is 0.478 e. The van der Waals surface area contributed by atoms with Crippen LogP contribution in [-0.2, 0) is 14.3 Å². The number of carbonyl (C=O) groups is 2. The molecule has 5 nitrogen and oxygen atoms in total. The van der Waals surface area contributed by atoms with Crippen LogP contribution in [0.5, 0.6) is 0 Å². The van der Waals surface area contributed by atoms with Crippen LogP contribution in [0.3, 0.4) is 0 Å². The summed E-state index contributed by atoms with van der Waals surface area (Å²) in [7, 11) is 1.18. The van der Waals surface area contributed by atoms with E-state index in [1.165, 1.54) is 37.5 Å².